The second-order valence-electron chi connectivity index (χ2n) is 4.74. The van der Waals surface area contributed by atoms with Crippen molar-refractivity contribution in [2.45, 2.75) is 32.2 Å². The molecule has 1 aliphatic heterocycles. The Kier molecular flexibility index (Phi) is 6.44. The maximum Gasteiger partial charge on any atom is 0.106 e. The molecule has 3 nitrogen and oxygen atoms in total. The van der Waals surface area contributed by atoms with Crippen molar-refractivity contribution in [3.8, 4) is 0 Å². The van der Waals surface area contributed by atoms with Gasteiger partial charge in [0.25, 0.3) is 0 Å². The van der Waals surface area contributed by atoms with Crippen molar-refractivity contribution >= 4 is 12.5 Å². The molecule has 0 aromatic heterocycles. The monoisotopic (exact) mass is 248 g/mol. The number of rotatable bonds is 2. The zero-order valence-electron chi connectivity index (χ0n) is 11.5. The van der Waals surface area contributed by atoms with E-state index in [1.807, 2.05) is 6.79 Å². The minimum atomic E-state index is 0.704. The van der Waals surface area contributed by atoms with Gasteiger partial charge in [-0.2, -0.15) is 0 Å². The fourth-order valence-corrected chi connectivity index (χ4v) is 2.47. The zero-order chi connectivity index (χ0) is 13.4. The second-order valence-corrected chi connectivity index (χ2v) is 4.74. The summed E-state index contributed by atoms with van der Waals surface area (Å²) in [5.74, 6) is 0. The number of carbonyl (C=O) groups excluding carboxylic acids is 1. The molecule has 0 spiro atoms. The minimum Gasteiger partial charge on any atom is -0.371 e. The van der Waals surface area contributed by atoms with Gasteiger partial charge in [0, 0.05) is 24.8 Å². The Morgan fingerprint density at radius 2 is 2.06 bits per heavy atom. The molecule has 1 aromatic rings. The van der Waals surface area contributed by atoms with E-state index in [0.29, 0.717) is 6.04 Å². The molecule has 1 atom stereocenters. The summed E-state index contributed by atoms with van der Waals surface area (Å²) < 4.78 is 0. The summed E-state index contributed by atoms with van der Waals surface area (Å²) in [5, 5.41) is 3.40. The van der Waals surface area contributed by atoms with Crippen LogP contribution in [-0.2, 0) is 4.79 Å². The average Bonchev–Trinajstić information content (AvgIpc) is 2.66. The maximum atomic E-state index is 8.00. The highest BCUT2D eigenvalue weighted by molar-refractivity contribution is 5.48. The molecule has 0 aliphatic carbocycles. The lowest BCUT2D eigenvalue weighted by Crippen LogP contribution is -2.28. The van der Waals surface area contributed by atoms with E-state index in [4.69, 9.17) is 4.79 Å². The van der Waals surface area contributed by atoms with Crippen LogP contribution in [0.4, 0.5) is 5.69 Å². The van der Waals surface area contributed by atoms with E-state index in [2.05, 4.69) is 48.5 Å². The summed E-state index contributed by atoms with van der Waals surface area (Å²) in [6.07, 6.45) is 3.85. The summed E-state index contributed by atoms with van der Waals surface area (Å²) >= 11 is 0. The molecular formula is C15H24N2O. The Labute approximate surface area is 110 Å². The maximum absolute atomic E-state index is 8.00. The summed E-state index contributed by atoms with van der Waals surface area (Å²) in [6.45, 7) is 6.54. The van der Waals surface area contributed by atoms with Crippen LogP contribution in [0.2, 0.25) is 0 Å². The van der Waals surface area contributed by atoms with Gasteiger partial charge in [-0.15, -0.1) is 0 Å². The standard InChI is InChI=1S/C14H22N2.CH2O/c1-12-5-3-7-14(11-12)16-9-4-6-13(15-2)8-10-16;1-2/h3,5,7,11,13,15H,4,6,8-10H2,1-2H3;1H2. The number of hydrogen-bond acceptors (Lipinski definition) is 3. The molecule has 0 radical (unpaired) electrons. The van der Waals surface area contributed by atoms with Crippen LogP contribution >= 0.6 is 0 Å². The SMILES string of the molecule is C=O.CNC1CCCN(c2cccc(C)c2)CC1. The van der Waals surface area contributed by atoms with Gasteiger partial charge in [0.2, 0.25) is 0 Å². The lowest BCUT2D eigenvalue weighted by molar-refractivity contribution is -0.0979. The topological polar surface area (TPSA) is 32.3 Å². The molecule has 0 saturated carbocycles. The molecule has 3 heteroatoms. The zero-order valence-corrected chi connectivity index (χ0v) is 11.5. The van der Waals surface area contributed by atoms with Crippen molar-refractivity contribution in [1.29, 1.82) is 0 Å². The second kappa shape index (κ2) is 7.88. The third kappa shape index (κ3) is 4.15. The lowest BCUT2D eigenvalue weighted by Gasteiger charge is -2.23. The van der Waals surface area contributed by atoms with Crippen molar-refractivity contribution in [2.75, 3.05) is 25.0 Å². The highest BCUT2D eigenvalue weighted by Gasteiger charge is 2.15. The number of nitrogens with zero attached hydrogens (tertiary/aromatic N) is 1. The van der Waals surface area contributed by atoms with E-state index in [1.165, 1.54) is 43.6 Å². The van der Waals surface area contributed by atoms with Gasteiger partial charge < -0.3 is 15.0 Å². The van der Waals surface area contributed by atoms with Crippen LogP contribution in [-0.4, -0.2) is 33.0 Å². The first-order valence-electron chi connectivity index (χ1n) is 6.57. The summed E-state index contributed by atoms with van der Waals surface area (Å²) in [4.78, 5) is 10.5. The molecule has 1 heterocycles. The molecule has 18 heavy (non-hydrogen) atoms. The van der Waals surface area contributed by atoms with Crippen LogP contribution < -0.4 is 10.2 Å². The Morgan fingerprint density at radius 3 is 2.72 bits per heavy atom. The van der Waals surface area contributed by atoms with Crippen molar-refractivity contribution in [3.63, 3.8) is 0 Å². The third-order valence-corrected chi connectivity index (χ3v) is 3.50. The predicted molar refractivity (Wildman–Crippen MR) is 77.2 cm³/mol. The molecule has 1 N–H and O–H groups in total. The number of hydrogen-bond donors (Lipinski definition) is 1. The molecule has 1 saturated heterocycles. The summed E-state index contributed by atoms with van der Waals surface area (Å²) in [7, 11) is 2.08. The number of anilines is 1. The molecule has 1 fully saturated rings. The molecule has 0 bridgehead atoms. The van der Waals surface area contributed by atoms with Crippen LogP contribution in [0.15, 0.2) is 24.3 Å². The van der Waals surface area contributed by atoms with Gasteiger partial charge in [-0.1, -0.05) is 12.1 Å². The Balaban J connectivity index is 0.000000771. The van der Waals surface area contributed by atoms with E-state index in [-0.39, 0.29) is 0 Å². The van der Waals surface area contributed by atoms with Crippen molar-refractivity contribution in [1.82, 2.24) is 5.32 Å². The van der Waals surface area contributed by atoms with Crippen LogP contribution in [0.25, 0.3) is 0 Å². The van der Waals surface area contributed by atoms with E-state index in [0.717, 1.165) is 0 Å². The summed E-state index contributed by atoms with van der Waals surface area (Å²) in [5.41, 5.74) is 2.74. The van der Waals surface area contributed by atoms with Gasteiger partial charge in [0.05, 0.1) is 0 Å². The van der Waals surface area contributed by atoms with Crippen molar-refractivity contribution in [2.24, 2.45) is 0 Å². The number of carbonyl (C=O) groups is 1. The molecule has 2 rings (SSSR count). The van der Waals surface area contributed by atoms with Crippen LogP contribution in [0.5, 0.6) is 0 Å². The molecule has 0 amide bonds. The van der Waals surface area contributed by atoms with Crippen molar-refractivity contribution < 1.29 is 4.79 Å². The average molecular weight is 248 g/mol. The normalized spacial score (nSPS) is 19.7. The highest BCUT2D eigenvalue weighted by Crippen LogP contribution is 2.20. The smallest absolute Gasteiger partial charge is 0.106 e. The van der Waals surface area contributed by atoms with E-state index < -0.39 is 0 Å². The quantitative estimate of drug-likeness (QED) is 0.872. The first-order chi connectivity index (χ1) is 8.79. The molecular weight excluding hydrogens is 224 g/mol. The Hall–Kier alpha value is -1.35. The van der Waals surface area contributed by atoms with Gasteiger partial charge in [0.15, 0.2) is 0 Å². The van der Waals surface area contributed by atoms with Crippen LogP contribution in [0.3, 0.4) is 0 Å². The molecule has 1 aromatic carbocycles. The molecule has 100 valence electrons. The Bertz CT molecular complexity index is 354. The lowest BCUT2D eigenvalue weighted by atomic mass is 10.1. The molecule has 1 unspecified atom stereocenters. The van der Waals surface area contributed by atoms with Gasteiger partial charge in [-0.05, 0) is 50.9 Å². The Morgan fingerprint density at radius 1 is 1.28 bits per heavy atom. The largest absolute Gasteiger partial charge is 0.371 e. The highest BCUT2D eigenvalue weighted by atomic mass is 16.1. The summed E-state index contributed by atoms with van der Waals surface area (Å²) in [6, 6.07) is 9.55. The predicted octanol–water partition coefficient (Wildman–Crippen LogP) is 2.39. The van der Waals surface area contributed by atoms with Gasteiger partial charge in [0.1, 0.15) is 6.79 Å². The third-order valence-electron chi connectivity index (χ3n) is 3.50. The fraction of sp³-hybridized carbons (Fsp3) is 0.533. The van der Waals surface area contributed by atoms with E-state index in [1.54, 1.807) is 0 Å². The number of nitrogens with one attached hydrogen (secondary N) is 1. The molecule has 1 aliphatic rings. The van der Waals surface area contributed by atoms with Crippen LogP contribution in [0, 0.1) is 6.92 Å². The van der Waals surface area contributed by atoms with Gasteiger partial charge in [-0.25, -0.2) is 0 Å². The van der Waals surface area contributed by atoms with E-state index >= 15 is 0 Å². The van der Waals surface area contributed by atoms with Gasteiger partial charge >= 0.3 is 0 Å². The first kappa shape index (κ1) is 14.7. The first-order valence-corrected chi connectivity index (χ1v) is 6.57. The minimum absolute atomic E-state index is 0.704. The fourth-order valence-electron chi connectivity index (χ4n) is 2.47. The number of aryl methyl sites for hydroxylation is 1. The number of benzene rings is 1. The van der Waals surface area contributed by atoms with Crippen LogP contribution in [0.1, 0.15) is 24.8 Å². The van der Waals surface area contributed by atoms with E-state index in [9.17, 15) is 0 Å². The van der Waals surface area contributed by atoms with Gasteiger partial charge in [-0.3, -0.25) is 0 Å². The van der Waals surface area contributed by atoms with Crippen molar-refractivity contribution in [3.05, 3.63) is 29.8 Å².